The molecule has 0 radical (unpaired) electrons. The van der Waals surface area contributed by atoms with Gasteiger partial charge in [-0.15, -0.1) is 0 Å². The van der Waals surface area contributed by atoms with Crippen molar-refractivity contribution in [1.29, 1.82) is 0 Å². The first-order valence-electron chi connectivity index (χ1n) is 7.04. The first kappa shape index (κ1) is 15.3. The molecule has 0 bridgehead atoms. The SMILES string of the molecule is CC[C@H](Cc1ccc2occc2c1)NS(=O)C(C)(C)C. The number of rotatable bonds is 5. The van der Waals surface area contributed by atoms with Gasteiger partial charge in [-0.2, -0.15) is 0 Å². The summed E-state index contributed by atoms with van der Waals surface area (Å²) in [6.07, 6.45) is 3.53. The highest BCUT2D eigenvalue weighted by Gasteiger charge is 2.22. The molecule has 0 aliphatic heterocycles. The maximum atomic E-state index is 12.2. The van der Waals surface area contributed by atoms with E-state index in [2.05, 4.69) is 23.8 Å². The molecule has 0 fully saturated rings. The second-order valence-electron chi connectivity index (χ2n) is 6.10. The number of hydrogen-bond donors (Lipinski definition) is 1. The predicted molar refractivity (Wildman–Crippen MR) is 85.0 cm³/mol. The van der Waals surface area contributed by atoms with Gasteiger partial charge in [-0.1, -0.05) is 13.0 Å². The molecule has 2 atom stereocenters. The minimum absolute atomic E-state index is 0.222. The van der Waals surface area contributed by atoms with Gasteiger partial charge in [-0.25, -0.2) is 8.93 Å². The van der Waals surface area contributed by atoms with E-state index < -0.39 is 11.0 Å². The number of nitrogens with one attached hydrogen (secondary N) is 1. The van der Waals surface area contributed by atoms with Gasteiger partial charge in [0, 0.05) is 11.4 Å². The fraction of sp³-hybridized carbons (Fsp3) is 0.500. The zero-order chi connectivity index (χ0) is 14.8. The van der Waals surface area contributed by atoms with E-state index in [0.29, 0.717) is 0 Å². The Labute approximate surface area is 123 Å². The lowest BCUT2D eigenvalue weighted by Crippen LogP contribution is -2.40. The van der Waals surface area contributed by atoms with Gasteiger partial charge in [-0.05, 0) is 57.4 Å². The Hall–Kier alpha value is -1.13. The van der Waals surface area contributed by atoms with E-state index in [-0.39, 0.29) is 10.8 Å². The van der Waals surface area contributed by atoms with Gasteiger partial charge in [0.1, 0.15) is 5.58 Å². The molecule has 3 nitrogen and oxygen atoms in total. The number of furan rings is 1. The highest BCUT2D eigenvalue weighted by atomic mass is 32.2. The van der Waals surface area contributed by atoms with Crippen molar-refractivity contribution in [3.63, 3.8) is 0 Å². The Morgan fingerprint density at radius 2 is 2.05 bits per heavy atom. The fourth-order valence-electron chi connectivity index (χ4n) is 2.03. The summed E-state index contributed by atoms with van der Waals surface area (Å²) in [7, 11) is -1.03. The minimum atomic E-state index is -1.03. The van der Waals surface area contributed by atoms with Gasteiger partial charge in [0.05, 0.1) is 22.0 Å². The van der Waals surface area contributed by atoms with Crippen molar-refractivity contribution >= 4 is 22.0 Å². The molecule has 0 aliphatic rings. The average molecular weight is 293 g/mol. The monoisotopic (exact) mass is 293 g/mol. The molecule has 20 heavy (non-hydrogen) atoms. The molecule has 1 aromatic carbocycles. The van der Waals surface area contributed by atoms with E-state index in [1.807, 2.05) is 32.9 Å². The second kappa shape index (κ2) is 6.10. The van der Waals surface area contributed by atoms with Crippen LogP contribution in [-0.4, -0.2) is 15.0 Å². The molecule has 0 aliphatic carbocycles. The molecule has 4 heteroatoms. The molecule has 110 valence electrons. The molecule has 1 N–H and O–H groups in total. The first-order valence-corrected chi connectivity index (χ1v) is 8.19. The summed E-state index contributed by atoms with van der Waals surface area (Å²) in [5.41, 5.74) is 2.15. The molecule has 1 unspecified atom stereocenters. The van der Waals surface area contributed by atoms with Crippen molar-refractivity contribution in [3.05, 3.63) is 36.1 Å². The normalized spacial score (nSPS) is 15.4. The summed E-state index contributed by atoms with van der Waals surface area (Å²) in [4.78, 5) is 0. The van der Waals surface area contributed by atoms with Crippen molar-refractivity contribution in [1.82, 2.24) is 4.72 Å². The summed E-state index contributed by atoms with van der Waals surface area (Å²) in [6, 6.07) is 8.41. The topological polar surface area (TPSA) is 42.2 Å². The fourth-order valence-corrected chi connectivity index (χ4v) is 2.93. The highest BCUT2D eigenvalue weighted by Crippen LogP contribution is 2.19. The molecule has 1 aromatic heterocycles. The Bertz CT molecular complexity index is 598. The van der Waals surface area contributed by atoms with Gasteiger partial charge in [0.25, 0.3) is 0 Å². The van der Waals surface area contributed by atoms with Crippen LogP contribution in [-0.2, 0) is 17.4 Å². The van der Waals surface area contributed by atoms with Gasteiger partial charge >= 0.3 is 0 Å². The largest absolute Gasteiger partial charge is 0.464 e. The molecule has 2 rings (SSSR count). The average Bonchev–Trinajstić information content (AvgIpc) is 2.84. The third-order valence-electron chi connectivity index (χ3n) is 3.32. The third-order valence-corrected chi connectivity index (χ3v) is 4.98. The quantitative estimate of drug-likeness (QED) is 0.911. The van der Waals surface area contributed by atoms with Crippen molar-refractivity contribution in [2.75, 3.05) is 0 Å². The van der Waals surface area contributed by atoms with Crippen LogP contribution >= 0.6 is 0 Å². The van der Waals surface area contributed by atoms with Gasteiger partial charge in [0.2, 0.25) is 0 Å². The van der Waals surface area contributed by atoms with Crippen LogP contribution in [0.15, 0.2) is 34.9 Å². The van der Waals surface area contributed by atoms with Crippen LogP contribution in [0.4, 0.5) is 0 Å². The Morgan fingerprint density at radius 1 is 1.30 bits per heavy atom. The van der Waals surface area contributed by atoms with Gasteiger partial charge in [-0.3, -0.25) is 0 Å². The van der Waals surface area contributed by atoms with Crippen LogP contribution in [0.25, 0.3) is 11.0 Å². The van der Waals surface area contributed by atoms with E-state index in [9.17, 15) is 4.21 Å². The standard InChI is InChI=1S/C16H23NO2S/c1-5-14(17-20(18)16(2,3)4)11-12-6-7-15-13(10-12)8-9-19-15/h6-10,14,17H,5,11H2,1-4H3/t14-,20?/m1/s1. The van der Waals surface area contributed by atoms with E-state index in [1.54, 1.807) is 6.26 Å². The Kier molecular flexibility index (Phi) is 4.66. The lowest BCUT2D eigenvalue weighted by Gasteiger charge is -2.23. The van der Waals surface area contributed by atoms with E-state index in [1.165, 1.54) is 5.56 Å². The van der Waals surface area contributed by atoms with Gasteiger partial charge in [0.15, 0.2) is 0 Å². The van der Waals surface area contributed by atoms with Crippen LogP contribution in [0.5, 0.6) is 0 Å². The molecule has 0 saturated heterocycles. The number of benzene rings is 1. The summed E-state index contributed by atoms with van der Waals surface area (Å²) in [5, 5.41) is 1.12. The summed E-state index contributed by atoms with van der Waals surface area (Å²) >= 11 is 0. The predicted octanol–water partition coefficient (Wildman–Crippen LogP) is 3.81. The maximum absolute atomic E-state index is 12.2. The lowest BCUT2D eigenvalue weighted by molar-refractivity contribution is 0.567. The van der Waals surface area contributed by atoms with Crippen LogP contribution in [0.1, 0.15) is 39.7 Å². The van der Waals surface area contributed by atoms with E-state index in [0.717, 1.165) is 23.8 Å². The molecule has 0 amide bonds. The van der Waals surface area contributed by atoms with Crippen molar-refractivity contribution in [3.8, 4) is 0 Å². The second-order valence-corrected chi connectivity index (χ2v) is 8.10. The Balaban J connectivity index is 2.07. The molecular weight excluding hydrogens is 270 g/mol. The van der Waals surface area contributed by atoms with Crippen molar-refractivity contribution < 1.29 is 8.63 Å². The van der Waals surface area contributed by atoms with Crippen LogP contribution in [0.2, 0.25) is 0 Å². The zero-order valence-corrected chi connectivity index (χ0v) is 13.4. The molecule has 0 saturated carbocycles. The van der Waals surface area contributed by atoms with Crippen LogP contribution in [0.3, 0.4) is 0 Å². The Morgan fingerprint density at radius 3 is 2.70 bits per heavy atom. The minimum Gasteiger partial charge on any atom is -0.464 e. The summed E-state index contributed by atoms with van der Waals surface area (Å²) in [5.74, 6) is 0. The van der Waals surface area contributed by atoms with Crippen molar-refractivity contribution in [2.24, 2.45) is 0 Å². The van der Waals surface area contributed by atoms with Crippen LogP contribution in [0, 0.1) is 0 Å². The smallest absolute Gasteiger partial charge is 0.133 e. The molecular formula is C16H23NO2S. The third kappa shape index (κ3) is 3.70. The lowest BCUT2D eigenvalue weighted by atomic mass is 10.0. The zero-order valence-electron chi connectivity index (χ0n) is 12.6. The number of hydrogen-bond acceptors (Lipinski definition) is 2. The van der Waals surface area contributed by atoms with E-state index in [4.69, 9.17) is 4.42 Å². The van der Waals surface area contributed by atoms with Crippen LogP contribution < -0.4 is 4.72 Å². The molecule has 0 spiro atoms. The first-order chi connectivity index (χ1) is 9.40. The summed E-state index contributed by atoms with van der Waals surface area (Å²) in [6.45, 7) is 8.08. The molecule has 2 aromatic rings. The highest BCUT2D eigenvalue weighted by molar-refractivity contribution is 7.84. The maximum Gasteiger partial charge on any atom is 0.133 e. The van der Waals surface area contributed by atoms with Gasteiger partial charge < -0.3 is 4.42 Å². The molecule has 1 heterocycles. The number of fused-ring (bicyclic) bond motifs is 1. The summed E-state index contributed by atoms with van der Waals surface area (Å²) < 4.78 is 20.5. The van der Waals surface area contributed by atoms with Crippen molar-refractivity contribution in [2.45, 2.75) is 51.3 Å². The van der Waals surface area contributed by atoms with E-state index >= 15 is 0 Å².